The maximum atomic E-state index is 12.2. The standard InChI is InChI=1S/C14H12Cl2O3S/c1-9-3-4-10(2)14(7-9)19-20(17,18)11-5-6-12(15)13(16)8-11/h3-8H,1-2H3. The Kier molecular flexibility index (Phi) is 4.28. The van der Waals surface area contributed by atoms with Crippen molar-refractivity contribution in [1.29, 1.82) is 0 Å². The summed E-state index contributed by atoms with van der Waals surface area (Å²) in [5.74, 6) is 0.302. The van der Waals surface area contributed by atoms with E-state index in [0.717, 1.165) is 11.1 Å². The third-order valence-corrected chi connectivity index (χ3v) is 4.69. The van der Waals surface area contributed by atoms with Crippen LogP contribution in [0.4, 0.5) is 0 Å². The lowest BCUT2D eigenvalue weighted by molar-refractivity contribution is 0.484. The molecule has 2 aromatic rings. The maximum absolute atomic E-state index is 12.2. The summed E-state index contributed by atoms with van der Waals surface area (Å²) in [6.07, 6.45) is 0. The second-order valence-corrected chi connectivity index (χ2v) is 6.74. The lowest BCUT2D eigenvalue weighted by Crippen LogP contribution is -2.10. The van der Waals surface area contributed by atoms with Gasteiger partial charge in [-0.2, -0.15) is 8.42 Å². The number of hydrogen-bond donors (Lipinski definition) is 0. The van der Waals surface area contributed by atoms with Crippen molar-refractivity contribution in [2.24, 2.45) is 0 Å². The number of hydrogen-bond acceptors (Lipinski definition) is 3. The van der Waals surface area contributed by atoms with Crippen LogP contribution in [0.5, 0.6) is 5.75 Å². The summed E-state index contributed by atoms with van der Waals surface area (Å²) in [4.78, 5) is -0.0344. The quantitative estimate of drug-likeness (QED) is 0.784. The van der Waals surface area contributed by atoms with E-state index < -0.39 is 10.1 Å². The van der Waals surface area contributed by atoms with Gasteiger partial charge in [0.15, 0.2) is 0 Å². The van der Waals surface area contributed by atoms with Gasteiger partial charge < -0.3 is 4.18 Å². The van der Waals surface area contributed by atoms with Gasteiger partial charge in [0.25, 0.3) is 0 Å². The Morgan fingerprint density at radius 3 is 2.30 bits per heavy atom. The lowest BCUT2D eigenvalue weighted by atomic mass is 10.1. The molecule has 0 amide bonds. The first kappa shape index (κ1) is 15.2. The van der Waals surface area contributed by atoms with Gasteiger partial charge in [-0.3, -0.25) is 0 Å². The van der Waals surface area contributed by atoms with Crippen molar-refractivity contribution in [3.05, 3.63) is 57.6 Å². The Balaban J connectivity index is 2.40. The molecule has 0 fully saturated rings. The van der Waals surface area contributed by atoms with Crippen LogP contribution in [0.25, 0.3) is 0 Å². The van der Waals surface area contributed by atoms with Gasteiger partial charge >= 0.3 is 10.1 Å². The van der Waals surface area contributed by atoms with Crippen molar-refractivity contribution in [2.75, 3.05) is 0 Å². The fourth-order valence-electron chi connectivity index (χ4n) is 1.60. The van der Waals surface area contributed by atoms with Gasteiger partial charge in [-0.1, -0.05) is 35.3 Å². The average Bonchev–Trinajstić information content (AvgIpc) is 2.36. The highest BCUT2D eigenvalue weighted by atomic mass is 35.5. The number of halogens is 2. The van der Waals surface area contributed by atoms with E-state index in [0.29, 0.717) is 5.75 Å². The molecule has 6 heteroatoms. The third-order valence-electron chi connectivity index (χ3n) is 2.72. The molecule has 0 aliphatic heterocycles. The molecule has 0 radical (unpaired) electrons. The zero-order chi connectivity index (χ0) is 14.9. The van der Waals surface area contributed by atoms with Crippen molar-refractivity contribution in [1.82, 2.24) is 0 Å². The van der Waals surface area contributed by atoms with Gasteiger partial charge in [0.2, 0.25) is 0 Å². The van der Waals surface area contributed by atoms with Crippen LogP contribution in [0.1, 0.15) is 11.1 Å². The normalized spacial score (nSPS) is 11.4. The Hall–Kier alpha value is -1.23. The Labute approximate surface area is 128 Å². The zero-order valence-electron chi connectivity index (χ0n) is 10.9. The lowest BCUT2D eigenvalue weighted by Gasteiger charge is -2.10. The predicted octanol–water partition coefficient (Wildman–Crippen LogP) is 4.38. The molecule has 0 aliphatic carbocycles. The van der Waals surface area contributed by atoms with Gasteiger partial charge in [-0.25, -0.2) is 0 Å². The molecule has 0 saturated heterocycles. The topological polar surface area (TPSA) is 43.4 Å². The van der Waals surface area contributed by atoms with Crippen molar-refractivity contribution < 1.29 is 12.6 Å². The van der Waals surface area contributed by atoms with E-state index >= 15 is 0 Å². The minimum absolute atomic E-state index is 0.0344. The Bertz CT molecular complexity index is 755. The highest BCUT2D eigenvalue weighted by Gasteiger charge is 2.19. The fourth-order valence-corrected chi connectivity index (χ4v) is 2.97. The van der Waals surface area contributed by atoms with Gasteiger partial charge in [-0.05, 0) is 49.2 Å². The van der Waals surface area contributed by atoms with E-state index in [1.54, 1.807) is 19.1 Å². The van der Waals surface area contributed by atoms with Gasteiger partial charge in [0.05, 0.1) is 10.0 Å². The smallest absolute Gasteiger partial charge is 0.339 e. The first-order chi connectivity index (χ1) is 9.29. The van der Waals surface area contributed by atoms with Crippen LogP contribution in [-0.4, -0.2) is 8.42 Å². The zero-order valence-corrected chi connectivity index (χ0v) is 13.2. The van der Waals surface area contributed by atoms with Crippen molar-refractivity contribution in [2.45, 2.75) is 18.7 Å². The van der Waals surface area contributed by atoms with E-state index in [1.807, 2.05) is 13.0 Å². The maximum Gasteiger partial charge on any atom is 0.339 e. The number of aryl methyl sites for hydroxylation is 2. The van der Waals surface area contributed by atoms with Gasteiger partial charge in [0.1, 0.15) is 10.6 Å². The van der Waals surface area contributed by atoms with Crippen molar-refractivity contribution >= 4 is 33.3 Å². The molecule has 0 unspecified atom stereocenters. The predicted molar refractivity (Wildman–Crippen MR) is 80.2 cm³/mol. The molecular formula is C14H12Cl2O3S. The number of rotatable bonds is 3. The summed E-state index contributed by atoms with van der Waals surface area (Å²) < 4.78 is 29.6. The first-order valence-electron chi connectivity index (χ1n) is 5.76. The molecule has 2 aromatic carbocycles. The van der Waals surface area contributed by atoms with Crippen molar-refractivity contribution in [3.63, 3.8) is 0 Å². The van der Waals surface area contributed by atoms with E-state index in [1.165, 1.54) is 18.2 Å². The summed E-state index contributed by atoms with van der Waals surface area (Å²) in [5.41, 5.74) is 1.65. The average molecular weight is 331 g/mol. The third kappa shape index (κ3) is 3.26. The highest BCUT2D eigenvalue weighted by Crippen LogP contribution is 2.28. The SMILES string of the molecule is Cc1ccc(C)c(OS(=O)(=O)c2ccc(Cl)c(Cl)c2)c1. The second kappa shape index (κ2) is 5.64. The van der Waals surface area contributed by atoms with Crippen LogP contribution in [0, 0.1) is 13.8 Å². The highest BCUT2D eigenvalue weighted by molar-refractivity contribution is 7.87. The monoisotopic (exact) mass is 330 g/mol. The molecule has 20 heavy (non-hydrogen) atoms. The van der Waals surface area contributed by atoms with E-state index in [9.17, 15) is 8.42 Å². The molecule has 0 heterocycles. The molecule has 0 saturated carbocycles. The van der Waals surface area contributed by atoms with Crippen LogP contribution in [-0.2, 0) is 10.1 Å². The van der Waals surface area contributed by atoms with E-state index in [2.05, 4.69) is 0 Å². The van der Waals surface area contributed by atoms with Crippen LogP contribution in [0.15, 0.2) is 41.3 Å². The Morgan fingerprint density at radius 1 is 0.950 bits per heavy atom. The molecule has 0 atom stereocenters. The minimum Gasteiger partial charge on any atom is -0.379 e. The molecule has 0 aliphatic rings. The van der Waals surface area contributed by atoms with Gasteiger partial charge in [-0.15, -0.1) is 0 Å². The van der Waals surface area contributed by atoms with Crippen LogP contribution < -0.4 is 4.18 Å². The molecule has 0 aromatic heterocycles. The molecular weight excluding hydrogens is 319 g/mol. The summed E-state index contributed by atoms with van der Waals surface area (Å²) in [6, 6.07) is 9.40. The first-order valence-corrected chi connectivity index (χ1v) is 7.93. The summed E-state index contributed by atoms with van der Waals surface area (Å²) in [6.45, 7) is 3.64. The molecule has 2 rings (SSSR count). The Morgan fingerprint density at radius 2 is 1.65 bits per heavy atom. The summed E-state index contributed by atoms with van der Waals surface area (Å²) in [7, 11) is -3.93. The number of benzene rings is 2. The summed E-state index contributed by atoms with van der Waals surface area (Å²) >= 11 is 11.6. The summed E-state index contributed by atoms with van der Waals surface area (Å²) in [5, 5.41) is 0.453. The van der Waals surface area contributed by atoms with E-state index in [-0.39, 0.29) is 14.9 Å². The molecule has 0 N–H and O–H groups in total. The fraction of sp³-hybridized carbons (Fsp3) is 0.143. The van der Waals surface area contributed by atoms with Crippen LogP contribution >= 0.6 is 23.2 Å². The molecule has 0 spiro atoms. The molecule has 3 nitrogen and oxygen atoms in total. The van der Waals surface area contributed by atoms with Crippen molar-refractivity contribution in [3.8, 4) is 5.75 Å². The molecule has 0 bridgehead atoms. The molecule has 106 valence electrons. The van der Waals surface area contributed by atoms with Gasteiger partial charge in [0, 0.05) is 0 Å². The minimum atomic E-state index is -3.93. The van der Waals surface area contributed by atoms with Crippen LogP contribution in [0.2, 0.25) is 10.0 Å². The van der Waals surface area contributed by atoms with E-state index in [4.69, 9.17) is 27.4 Å². The second-order valence-electron chi connectivity index (χ2n) is 4.38. The van der Waals surface area contributed by atoms with Crippen LogP contribution in [0.3, 0.4) is 0 Å². The largest absolute Gasteiger partial charge is 0.379 e.